The lowest BCUT2D eigenvalue weighted by atomic mass is 9.94. The number of nitrogens with one attached hydrogen (secondary N) is 2. The van der Waals surface area contributed by atoms with Gasteiger partial charge in [0.05, 0.1) is 27.0 Å². The molecule has 1 heterocycles. The van der Waals surface area contributed by atoms with Gasteiger partial charge in [0.25, 0.3) is 5.56 Å². The van der Waals surface area contributed by atoms with E-state index in [1.807, 2.05) is 44.2 Å². The summed E-state index contributed by atoms with van der Waals surface area (Å²) in [6, 6.07) is 13.9. The molecular formula is C21H22Cl2N4O2. The number of hydrogen-bond donors (Lipinski definition) is 2. The highest BCUT2D eigenvalue weighted by Gasteiger charge is 2.25. The van der Waals surface area contributed by atoms with Crippen LogP contribution in [-0.2, 0) is 12.6 Å². The first-order valence-electron chi connectivity index (χ1n) is 9.00. The lowest BCUT2D eigenvalue weighted by molar-refractivity contribution is 0.242. The van der Waals surface area contributed by atoms with Gasteiger partial charge >= 0.3 is 6.03 Å². The van der Waals surface area contributed by atoms with Gasteiger partial charge in [0.2, 0.25) is 0 Å². The van der Waals surface area contributed by atoms with E-state index >= 15 is 0 Å². The van der Waals surface area contributed by atoms with E-state index < -0.39 is 11.6 Å². The maximum absolute atomic E-state index is 12.9. The molecule has 3 rings (SSSR count). The summed E-state index contributed by atoms with van der Waals surface area (Å²) < 4.78 is 3.21. The van der Waals surface area contributed by atoms with Crippen LogP contribution in [0, 0.1) is 6.92 Å². The molecule has 0 radical (unpaired) electrons. The average Bonchev–Trinajstić information content (AvgIpc) is 2.87. The first-order valence-corrected chi connectivity index (χ1v) is 9.76. The molecule has 8 heteroatoms. The lowest BCUT2D eigenvalue weighted by Crippen LogP contribution is -2.44. The van der Waals surface area contributed by atoms with Crippen LogP contribution >= 0.6 is 23.2 Å². The number of hydrogen-bond acceptors (Lipinski definition) is 2. The SMILES string of the molecule is Cc1c(NC(=O)NC(C)(C)c2ccc(Cl)c(Cl)c2)c(=O)n(-c2ccccc2)n1C. The van der Waals surface area contributed by atoms with E-state index in [0.29, 0.717) is 21.4 Å². The predicted molar refractivity (Wildman–Crippen MR) is 117 cm³/mol. The molecule has 152 valence electrons. The lowest BCUT2D eigenvalue weighted by Gasteiger charge is -2.27. The van der Waals surface area contributed by atoms with Crippen molar-refractivity contribution in [3.05, 3.63) is 80.2 Å². The molecule has 0 atom stereocenters. The minimum atomic E-state index is -0.737. The van der Waals surface area contributed by atoms with Crippen molar-refractivity contribution in [2.45, 2.75) is 26.3 Å². The van der Waals surface area contributed by atoms with Gasteiger partial charge in [-0.25, -0.2) is 9.48 Å². The molecule has 2 N–H and O–H groups in total. The Kier molecular flexibility index (Phi) is 5.78. The van der Waals surface area contributed by atoms with Gasteiger partial charge in [0.1, 0.15) is 5.69 Å². The summed E-state index contributed by atoms with van der Waals surface area (Å²) in [6.45, 7) is 5.46. The van der Waals surface area contributed by atoms with Gasteiger partial charge in [0.15, 0.2) is 0 Å². The molecule has 0 unspecified atom stereocenters. The quantitative estimate of drug-likeness (QED) is 0.618. The Bertz CT molecular complexity index is 1120. The van der Waals surface area contributed by atoms with Crippen LogP contribution in [0.5, 0.6) is 0 Å². The topological polar surface area (TPSA) is 68.1 Å². The number of benzene rings is 2. The van der Waals surface area contributed by atoms with Gasteiger partial charge in [-0.15, -0.1) is 0 Å². The van der Waals surface area contributed by atoms with Crippen molar-refractivity contribution in [1.82, 2.24) is 14.7 Å². The highest BCUT2D eigenvalue weighted by Crippen LogP contribution is 2.28. The monoisotopic (exact) mass is 432 g/mol. The van der Waals surface area contributed by atoms with Crippen molar-refractivity contribution < 1.29 is 4.79 Å². The fourth-order valence-corrected chi connectivity index (χ4v) is 3.40. The molecule has 0 aliphatic rings. The summed E-state index contributed by atoms with van der Waals surface area (Å²) in [7, 11) is 1.77. The van der Waals surface area contributed by atoms with Gasteiger partial charge in [-0.1, -0.05) is 47.5 Å². The second kappa shape index (κ2) is 7.97. The van der Waals surface area contributed by atoms with Crippen LogP contribution in [0.3, 0.4) is 0 Å². The minimum absolute atomic E-state index is 0.221. The number of anilines is 1. The molecular weight excluding hydrogens is 411 g/mol. The van der Waals surface area contributed by atoms with Crippen LogP contribution in [0.4, 0.5) is 10.5 Å². The zero-order valence-electron chi connectivity index (χ0n) is 16.6. The Morgan fingerprint density at radius 2 is 1.69 bits per heavy atom. The van der Waals surface area contributed by atoms with Crippen molar-refractivity contribution in [2.24, 2.45) is 7.05 Å². The van der Waals surface area contributed by atoms with E-state index in [9.17, 15) is 9.59 Å². The second-order valence-corrected chi connectivity index (χ2v) is 8.08. The Morgan fingerprint density at radius 3 is 2.31 bits per heavy atom. The van der Waals surface area contributed by atoms with Gasteiger partial charge in [0, 0.05) is 7.05 Å². The third kappa shape index (κ3) is 4.18. The standard InChI is InChI=1S/C21H22Cl2N4O2/c1-13-18(19(28)27(26(13)4)15-8-6-5-7-9-15)24-20(29)25-21(2,3)14-10-11-16(22)17(23)12-14/h5-12H,1-4H3,(H2,24,25,29). The molecule has 6 nitrogen and oxygen atoms in total. The Balaban J connectivity index is 1.86. The van der Waals surface area contributed by atoms with E-state index in [1.54, 1.807) is 36.9 Å². The Morgan fingerprint density at radius 1 is 1.03 bits per heavy atom. The second-order valence-electron chi connectivity index (χ2n) is 7.27. The number of urea groups is 1. The molecule has 0 saturated carbocycles. The smallest absolute Gasteiger partial charge is 0.320 e. The largest absolute Gasteiger partial charge is 0.329 e. The molecule has 0 fully saturated rings. The maximum atomic E-state index is 12.9. The van der Waals surface area contributed by atoms with Gasteiger partial charge in [-0.2, -0.15) is 0 Å². The van der Waals surface area contributed by atoms with Crippen LogP contribution in [0.2, 0.25) is 10.0 Å². The zero-order chi connectivity index (χ0) is 21.3. The number of nitrogens with zero attached hydrogens (tertiary/aromatic N) is 2. The summed E-state index contributed by atoms with van der Waals surface area (Å²) in [5, 5.41) is 6.43. The molecule has 0 saturated heterocycles. The minimum Gasteiger partial charge on any atom is -0.329 e. The summed E-state index contributed by atoms with van der Waals surface area (Å²) in [5.74, 6) is 0. The fourth-order valence-electron chi connectivity index (χ4n) is 3.10. The third-order valence-corrected chi connectivity index (χ3v) is 5.60. The first kappa shape index (κ1) is 21.0. The number of carbonyl (C=O) groups is 1. The molecule has 0 aliphatic heterocycles. The van der Waals surface area contributed by atoms with E-state index in [4.69, 9.17) is 23.2 Å². The van der Waals surface area contributed by atoms with Crippen molar-refractivity contribution in [2.75, 3.05) is 5.32 Å². The van der Waals surface area contributed by atoms with E-state index in [-0.39, 0.29) is 11.2 Å². The molecule has 3 aromatic rings. The predicted octanol–water partition coefficient (Wildman–Crippen LogP) is 4.85. The van der Waals surface area contributed by atoms with Gasteiger partial charge in [-0.3, -0.25) is 9.48 Å². The van der Waals surface area contributed by atoms with E-state index in [1.165, 1.54) is 4.68 Å². The van der Waals surface area contributed by atoms with Gasteiger partial charge < -0.3 is 10.6 Å². The van der Waals surface area contributed by atoms with Crippen molar-refractivity contribution in [1.29, 1.82) is 0 Å². The normalized spacial score (nSPS) is 11.4. The molecule has 2 aromatic carbocycles. The van der Waals surface area contributed by atoms with Crippen LogP contribution in [-0.4, -0.2) is 15.4 Å². The maximum Gasteiger partial charge on any atom is 0.320 e. The number of aromatic nitrogens is 2. The van der Waals surface area contributed by atoms with Crippen LogP contribution in [0.1, 0.15) is 25.1 Å². The summed E-state index contributed by atoms with van der Waals surface area (Å²) in [6.07, 6.45) is 0. The van der Waals surface area contributed by atoms with Crippen molar-refractivity contribution in [3.63, 3.8) is 0 Å². The van der Waals surface area contributed by atoms with Crippen molar-refractivity contribution in [3.8, 4) is 5.69 Å². The summed E-state index contributed by atoms with van der Waals surface area (Å²) in [5.41, 5.74) is 1.32. The van der Waals surface area contributed by atoms with E-state index in [0.717, 1.165) is 5.56 Å². The van der Waals surface area contributed by atoms with E-state index in [2.05, 4.69) is 10.6 Å². The fraction of sp³-hybridized carbons (Fsp3) is 0.238. The zero-order valence-corrected chi connectivity index (χ0v) is 18.1. The molecule has 0 aliphatic carbocycles. The van der Waals surface area contributed by atoms with Crippen LogP contribution in [0.15, 0.2) is 53.3 Å². The molecule has 0 bridgehead atoms. The number of halogens is 2. The number of carbonyl (C=O) groups excluding carboxylic acids is 1. The molecule has 2 amide bonds. The molecule has 0 spiro atoms. The molecule has 1 aromatic heterocycles. The number of rotatable bonds is 4. The van der Waals surface area contributed by atoms with Gasteiger partial charge in [-0.05, 0) is 50.6 Å². The average molecular weight is 433 g/mol. The van der Waals surface area contributed by atoms with Crippen LogP contribution in [0.25, 0.3) is 5.69 Å². The first-order chi connectivity index (χ1) is 13.6. The van der Waals surface area contributed by atoms with Crippen LogP contribution < -0.4 is 16.2 Å². The Hall–Kier alpha value is -2.70. The number of amides is 2. The number of para-hydroxylation sites is 1. The Labute approximate surface area is 179 Å². The third-order valence-electron chi connectivity index (χ3n) is 4.86. The highest BCUT2D eigenvalue weighted by atomic mass is 35.5. The highest BCUT2D eigenvalue weighted by molar-refractivity contribution is 6.42. The molecule has 29 heavy (non-hydrogen) atoms. The summed E-state index contributed by atoms with van der Waals surface area (Å²) in [4.78, 5) is 25.6. The van der Waals surface area contributed by atoms with Crippen molar-refractivity contribution >= 4 is 34.9 Å². The summed E-state index contributed by atoms with van der Waals surface area (Å²) >= 11 is 12.1.